The molecule has 13 heteroatoms. The van der Waals surface area contributed by atoms with E-state index in [1.165, 1.54) is 34.4 Å². The smallest absolute Gasteiger partial charge is 0.236 e. The summed E-state index contributed by atoms with van der Waals surface area (Å²) in [7, 11) is 0. The lowest BCUT2D eigenvalue weighted by Gasteiger charge is -2.38. The SMILES string of the molecule is CCc1nnc(NC(=O)CSc2nnc(N3C(N)=C(C#N)C(c4ccccc4)C4=C3CCCC4=O)s2)s1. The molecular weight excluding hydrogens is 529 g/mol. The molecule has 0 radical (unpaired) electrons. The van der Waals surface area contributed by atoms with Crippen LogP contribution in [-0.4, -0.2) is 37.8 Å². The summed E-state index contributed by atoms with van der Waals surface area (Å²) in [5.41, 5.74) is 9.09. The number of anilines is 2. The molecule has 10 nitrogen and oxygen atoms in total. The van der Waals surface area contributed by atoms with E-state index in [9.17, 15) is 14.9 Å². The molecule has 1 aliphatic heterocycles. The number of nitrogens with zero attached hydrogens (tertiary/aromatic N) is 6. The van der Waals surface area contributed by atoms with Crippen molar-refractivity contribution in [2.75, 3.05) is 16.0 Å². The number of allylic oxidation sites excluding steroid dienone is 3. The quantitative estimate of drug-likeness (QED) is 0.413. The molecule has 1 unspecified atom stereocenters. The van der Waals surface area contributed by atoms with Crippen LogP contribution >= 0.6 is 34.4 Å². The van der Waals surface area contributed by atoms with Crippen LogP contribution in [0.25, 0.3) is 0 Å². The van der Waals surface area contributed by atoms with Crippen molar-refractivity contribution in [2.45, 2.75) is 42.9 Å². The Kier molecular flexibility index (Phi) is 7.31. The van der Waals surface area contributed by atoms with Crippen LogP contribution < -0.4 is 16.0 Å². The van der Waals surface area contributed by atoms with Crippen LogP contribution in [0.1, 0.15) is 42.7 Å². The van der Waals surface area contributed by atoms with E-state index in [2.05, 4.69) is 31.8 Å². The van der Waals surface area contributed by atoms with Crippen LogP contribution in [0.2, 0.25) is 0 Å². The van der Waals surface area contributed by atoms with Crippen LogP contribution in [0.4, 0.5) is 10.3 Å². The van der Waals surface area contributed by atoms with Crippen molar-refractivity contribution in [1.29, 1.82) is 5.26 Å². The van der Waals surface area contributed by atoms with Gasteiger partial charge < -0.3 is 5.73 Å². The van der Waals surface area contributed by atoms with Gasteiger partial charge >= 0.3 is 0 Å². The summed E-state index contributed by atoms with van der Waals surface area (Å²) in [5, 5.41) is 31.1. The number of nitriles is 1. The van der Waals surface area contributed by atoms with Gasteiger partial charge in [-0.1, -0.05) is 71.7 Å². The first kappa shape index (κ1) is 25.1. The highest BCUT2D eigenvalue weighted by Gasteiger charge is 2.41. The lowest BCUT2D eigenvalue weighted by Crippen LogP contribution is -2.38. The number of amides is 1. The van der Waals surface area contributed by atoms with Gasteiger partial charge in [0.05, 0.1) is 23.3 Å². The summed E-state index contributed by atoms with van der Waals surface area (Å²) >= 11 is 3.84. The van der Waals surface area contributed by atoms with Crippen molar-refractivity contribution in [3.05, 3.63) is 63.6 Å². The highest BCUT2D eigenvalue weighted by Crippen LogP contribution is 2.47. The van der Waals surface area contributed by atoms with E-state index in [1.54, 1.807) is 4.90 Å². The molecule has 0 bridgehead atoms. The molecule has 0 saturated carbocycles. The third-order valence-corrected chi connectivity index (χ3v) is 9.00. The Hall–Kier alpha value is -3.60. The monoisotopic (exact) mass is 550 g/mol. The van der Waals surface area contributed by atoms with E-state index >= 15 is 0 Å². The van der Waals surface area contributed by atoms with Crippen LogP contribution in [0.3, 0.4) is 0 Å². The molecule has 37 heavy (non-hydrogen) atoms. The number of benzene rings is 1. The van der Waals surface area contributed by atoms with Crippen molar-refractivity contribution < 1.29 is 9.59 Å². The minimum atomic E-state index is -0.510. The van der Waals surface area contributed by atoms with Gasteiger partial charge in [-0.3, -0.25) is 19.8 Å². The van der Waals surface area contributed by atoms with E-state index in [0.29, 0.717) is 45.0 Å². The maximum absolute atomic E-state index is 13.2. The molecule has 0 fully saturated rings. The molecule has 1 aliphatic carbocycles. The number of nitrogens with two attached hydrogens (primary N) is 1. The van der Waals surface area contributed by atoms with Crippen molar-refractivity contribution in [3.63, 3.8) is 0 Å². The summed E-state index contributed by atoms with van der Waals surface area (Å²) in [6, 6.07) is 11.7. The average Bonchev–Trinajstić information content (AvgIpc) is 3.57. The van der Waals surface area contributed by atoms with Gasteiger partial charge in [0.2, 0.25) is 16.2 Å². The number of aromatic nitrogens is 4. The predicted molar refractivity (Wildman–Crippen MR) is 143 cm³/mol. The van der Waals surface area contributed by atoms with Gasteiger partial charge in [0.1, 0.15) is 10.8 Å². The van der Waals surface area contributed by atoms with Gasteiger partial charge in [0.25, 0.3) is 0 Å². The molecule has 1 atom stereocenters. The molecule has 2 aromatic heterocycles. The molecule has 0 spiro atoms. The standard InChI is InChI=1S/C24H22N8O2S3/c1-2-18-28-29-22(36-18)27-17(34)12-35-24-31-30-23(37-24)32-15-9-6-10-16(33)20(15)19(14(11-25)21(32)26)13-7-4-3-5-8-13/h3-5,7-8,19H,2,6,9-10,12,26H2,1H3,(H,27,29,34). The zero-order valence-corrected chi connectivity index (χ0v) is 22.3. The first-order chi connectivity index (χ1) is 18.0. The summed E-state index contributed by atoms with van der Waals surface area (Å²) in [6.07, 6.45) is 2.51. The minimum Gasteiger partial charge on any atom is -0.384 e. The lowest BCUT2D eigenvalue weighted by molar-refractivity contribution is -0.116. The third kappa shape index (κ3) is 5.00. The van der Waals surface area contributed by atoms with E-state index in [1.807, 2.05) is 37.3 Å². The number of carbonyl (C=O) groups is 2. The fraction of sp³-hybridized carbons (Fsp3) is 0.292. The number of nitrogens with one attached hydrogen (secondary N) is 1. The van der Waals surface area contributed by atoms with E-state index < -0.39 is 5.92 Å². The van der Waals surface area contributed by atoms with Gasteiger partial charge in [-0.15, -0.1) is 20.4 Å². The normalized spacial score (nSPS) is 17.6. The molecule has 3 N–H and O–H groups in total. The Bertz CT molecular complexity index is 1450. The molecule has 5 rings (SSSR count). The maximum Gasteiger partial charge on any atom is 0.236 e. The number of Topliss-reactive ketones (excluding diaryl/α,β-unsaturated/α-hetero) is 1. The summed E-state index contributed by atoms with van der Waals surface area (Å²) in [5.74, 6) is -0.354. The third-order valence-electron chi connectivity index (χ3n) is 5.98. The number of hydrogen-bond acceptors (Lipinski definition) is 12. The Morgan fingerprint density at radius 1 is 1.22 bits per heavy atom. The van der Waals surface area contributed by atoms with Gasteiger partial charge in [-0.25, -0.2) is 0 Å². The molecule has 0 saturated heterocycles. The van der Waals surface area contributed by atoms with Crippen molar-refractivity contribution >= 4 is 56.4 Å². The molecular formula is C24H22N8O2S3. The van der Waals surface area contributed by atoms with Crippen LogP contribution in [0.15, 0.2) is 57.3 Å². The van der Waals surface area contributed by atoms with Crippen LogP contribution in [0.5, 0.6) is 0 Å². The molecule has 188 valence electrons. The number of thioether (sulfide) groups is 1. The Labute approximate surface area is 225 Å². The van der Waals surface area contributed by atoms with Crippen molar-refractivity contribution in [1.82, 2.24) is 20.4 Å². The van der Waals surface area contributed by atoms with Crippen LogP contribution in [0, 0.1) is 11.3 Å². The largest absolute Gasteiger partial charge is 0.384 e. The summed E-state index contributed by atoms with van der Waals surface area (Å²) in [4.78, 5) is 27.2. The second-order valence-corrected chi connectivity index (χ2v) is 11.5. The Morgan fingerprint density at radius 2 is 2.03 bits per heavy atom. The number of ketones is 1. The predicted octanol–water partition coefficient (Wildman–Crippen LogP) is 3.99. The minimum absolute atomic E-state index is 0.0130. The van der Waals surface area contributed by atoms with Gasteiger partial charge in [0.15, 0.2) is 10.1 Å². The molecule has 1 amide bonds. The average molecular weight is 551 g/mol. The van der Waals surface area contributed by atoms with Crippen molar-refractivity contribution in [2.24, 2.45) is 5.73 Å². The van der Waals surface area contributed by atoms with Crippen LogP contribution in [-0.2, 0) is 16.0 Å². The fourth-order valence-electron chi connectivity index (χ4n) is 4.36. The molecule has 3 heterocycles. The van der Waals surface area contributed by atoms with Crippen molar-refractivity contribution in [3.8, 4) is 6.07 Å². The topological polar surface area (TPSA) is 151 Å². The van der Waals surface area contributed by atoms with Gasteiger partial charge in [-0.05, 0) is 24.8 Å². The number of aryl methyl sites for hydroxylation is 1. The Morgan fingerprint density at radius 3 is 2.76 bits per heavy atom. The number of rotatable bonds is 7. The lowest BCUT2D eigenvalue weighted by atomic mass is 9.76. The van der Waals surface area contributed by atoms with E-state index in [0.717, 1.165) is 22.7 Å². The number of hydrogen-bond donors (Lipinski definition) is 2. The first-order valence-electron chi connectivity index (χ1n) is 11.6. The first-order valence-corrected chi connectivity index (χ1v) is 14.2. The Balaban J connectivity index is 1.40. The molecule has 2 aliphatic rings. The highest BCUT2D eigenvalue weighted by atomic mass is 32.2. The zero-order chi connectivity index (χ0) is 25.9. The summed E-state index contributed by atoms with van der Waals surface area (Å²) < 4.78 is 0.567. The fourth-order valence-corrected chi connectivity index (χ4v) is 6.74. The molecule has 1 aromatic carbocycles. The highest BCUT2D eigenvalue weighted by molar-refractivity contribution is 8.01. The van der Waals surface area contributed by atoms with E-state index in [-0.39, 0.29) is 23.3 Å². The zero-order valence-electron chi connectivity index (χ0n) is 19.8. The number of carbonyl (C=O) groups excluding carboxylic acids is 2. The maximum atomic E-state index is 13.2. The second kappa shape index (κ2) is 10.8. The molecule has 3 aromatic rings. The van der Waals surface area contributed by atoms with Gasteiger partial charge in [-0.2, -0.15) is 5.26 Å². The second-order valence-electron chi connectivity index (χ2n) is 8.27. The van der Waals surface area contributed by atoms with E-state index in [4.69, 9.17) is 5.73 Å². The summed E-state index contributed by atoms with van der Waals surface area (Å²) in [6.45, 7) is 1.98. The van der Waals surface area contributed by atoms with Gasteiger partial charge in [0, 0.05) is 17.7 Å².